The molecule has 2 heterocycles. The molecule has 0 atom stereocenters. The van der Waals surface area contributed by atoms with Crippen molar-refractivity contribution in [1.29, 1.82) is 0 Å². The monoisotopic (exact) mass is 451 g/mol. The van der Waals surface area contributed by atoms with Crippen LogP contribution in [0.15, 0.2) is 18.2 Å². The van der Waals surface area contributed by atoms with Gasteiger partial charge in [-0.2, -0.15) is 0 Å². The maximum absolute atomic E-state index is 14.0. The molecule has 2 saturated heterocycles. The molecule has 0 unspecified atom stereocenters. The lowest BCUT2D eigenvalue weighted by Gasteiger charge is -2.38. The van der Waals surface area contributed by atoms with Gasteiger partial charge in [-0.15, -0.1) is 0 Å². The van der Waals surface area contributed by atoms with Crippen molar-refractivity contribution >= 4 is 23.4 Å². The van der Waals surface area contributed by atoms with E-state index in [1.54, 1.807) is 12.1 Å². The van der Waals surface area contributed by atoms with E-state index in [1.165, 1.54) is 6.07 Å². The summed E-state index contributed by atoms with van der Waals surface area (Å²) in [6.07, 6.45) is 2.21. The van der Waals surface area contributed by atoms with Gasteiger partial charge in [0, 0.05) is 75.5 Å². The van der Waals surface area contributed by atoms with Crippen molar-refractivity contribution in [3.8, 4) is 0 Å². The van der Waals surface area contributed by atoms with E-state index in [2.05, 4.69) is 20.0 Å². The number of benzene rings is 1. The molecule has 31 heavy (non-hydrogen) atoms. The number of nitrogens with one attached hydrogen (secondary N) is 1. The van der Waals surface area contributed by atoms with E-state index in [-0.39, 0.29) is 17.6 Å². The van der Waals surface area contributed by atoms with Gasteiger partial charge in [0.05, 0.1) is 13.1 Å². The van der Waals surface area contributed by atoms with Crippen LogP contribution in [0.2, 0.25) is 5.02 Å². The molecule has 170 valence electrons. The fraction of sp³-hybridized carbons (Fsp3) is 0.636. The molecule has 0 aromatic heterocycles. The Hall–Kier alpha value is -1.74. The average molecular weight is 452 g/mol. The lowest BCUT2D eigenvalue weighted by atomic mass is 10.2. The zero-order valence-corrected chi connectivity index (χ0v) is 18.6. The zero-order valence-electron chi connectivity index (χ0n) is 17.9. The Balaban J connectivity index is 1.15. The van der Waals surface area contributed by atoms with Gasteiger partial charge in [-0.1, -0.05) is 17.7 Å². The summed E-state index contributed by atoms with van der Waals surface area (Å²) in [4.78, 5) is 33.0. The first-order valence-corrected chi connectivity index (χ1v) is 11.5. The van der Waals surface area contributed by atoms with E-state index in [1.807, 2.05) is 4.90 Å². The summed E-state index contributed by atoms with van der Waals surface area (Å²) in [5, 5.41) is 3.47. The second kappa shape index (κ2) is 10.3. The summed E-state index contributed by atoms with van der Waals surface area (Å²) in [7, 11) is 0. The molecule has 0 spiro atoms. The number of piperazine rings is 2. The summed E-state index contributed by atoms with van der Waals surface area (Å²) >= 11 is 6.14. The van der Waals surface area contributed by atoms with E-state index >= 15 is 0 Å². The molecule has 4 rings (SSSR count). The Morgan fingerprint density at radius 1 is 0.935 bits per heavy atom. The van der Waals surface area contributed by atoms with Gasteiger partial charge in [0.15, 0.2) is 0 Å². The molecule has 1 N–H and O–H groups in total. The first-order chi connectivity index (χ1) is 15.0. The predicted molar refractivity (Wildman–Crippen MR) is 117 cm³/mol. The second-order valence-electron chi connectivity index (χ2n) is 8.75. The Bertz CT molecular complexity index is 770. The number of rotatable bonds is 7. The van der Waals surface area contributed by atoms with Crippen molar-refractivity contribution in [3.63, 3.8) is 0 Å². The molecule has 7 nitrogen and oxygen atoms in total. The first kappa shape index (κ1) is 22.5. The molecular formula is C22H31ClFN5O2. The van der Waals surface area contributed by atoms with Crippen molar-refractivity contribution in [2.45, 2.75) is 25.4 Å². The number of nitrogens with zero attached hydrogens (tertiary/aromatic N) is 4. The number of halogens is 2. The van der Waals surface area contributed by atoms with Gasteiger partial charge in [0.1, 0.15) is 5.82 Å². The van der Waals surface area contributed by atoms with Crippen molar-refractivity contribution in [2.75, 3.05) is 65.4 Å². The van der Waals surface area contributed by atoms with Crippen LogP contribution >= 0.6 is 11.6 Å². The fourth-order valence-electron chi connectivity index (χ4n) is 4.16. The lowest BCUT2D eigenvalue weighted by molar-refractivity contribution is -0.135. The normalized spacial score (nSPS) is 21.3. The number of carbonyl (C=O) groups excluding carboxylic acids is 2. The molecule has 2 amide bonds. The van der Waals surface area contributed by atoms with Crippen LogP contribution in [0.5, 0.6) is 0 Å². The van der Waals surface area contributed by atoms with Crippen LogP contribution in [0.25, 0.3) is 0 Å². The SMILES string of the molecule is O=C(CN1CCN(CC(=O)N2CCN(Cc3c(F)cccc3Cl)CC2)CC1)NC1CC1. The number of amides is 2. The lowest BCUT2D eigenvalue weighted by Crippen LogP contribution is -2.54. The van der Waals surface area contributed by atoms with Crippen molar-refractivity contribution in [3.05, 3.63) is 34.6 Å². The fourth-order valence-corrected chi connectivity index (χ4v) is 4.39. The van der Waals surface area contributed by atoms with Gasteiger partial charge < -0.3 is 10.2 Å². The molecule has 0 radical (unpaired) electrons. The minimum atomic E-state index is -0.282. The van der Waals surface area contributed by atoms with Crippen LogP contribution in [-0.4, -0.2) is 103 Å². The van der Waals surface area contributed by atoms with Crippen LogP contribution < -0.4 is 5.32 Å². The summed E-state index contributed by atoms with van der Waals surface area (Å²) in [5.41, 5.74) is 0.521. The summed E-state index contributed by atoms with van der Waals surface area (Å²) in [6.45, 7) is 7.25. The largest absolute Gasteiger partial charge is 0.352 e. The van der Waals surface area contributed by atoms with E-state index in [0.29, 0.717) is 62.4 Å². The van der Waals surface area contributed by atoms with Gasteiger partial charge >= 0.3 is 0 Å². The van der Waals surface area contributed by atoms with Crippen LogP contribution in [0.4, 0.5) is 4.39 Å². The highest BCUT2D eigenvalue weighted by Crippen LogP contribution is 2.21. The van der Waals surface area contributed by atoms with E-state index < -0.39 is 0 Å². The van der Waals surface area contributed by atoms with Crippen LogP contribution in [-0.2, 0) is 16.1 Å². The Kier molecular flexibility index (Phi) is 7.43. The van der Waals surface area contributed by atoms with Gasteiger partial charge in [-0.05, 0) is 25.0 Å². The summed E-state index contributed by atoms with van der Waals surface area (Å²) in [6, 6.07) is 5.15. The molecular weight excluding hydrogens is 421 g/mol. The summed E-state index contributed by atoms with van der Waals surface area (Å²) in [5.74, 6) is -0.0276. The maximum Gasteiger partial charge on any atom is 0.236 e. The van der Waals surface area contributed by atoms with Gasteiger partial charge in [0.2, 0.25) is 11.8 Å². The van der Waals surface area contributed by atoms with Gasteiger partial charge in [0.25, 0.3) is 0 Å². The zero-order chi connectivity index (χ0) is 21.8. The Morgan fingerprint density at radius 2 is 1.55 bits per heavy atom. The molecule has 1 aromatic rings. The van der Waals surface area contributed by atoms with E-state index in [4.69, 9.17) is 11.6 Å². The predicted octanol–water partition coefficient (Wildman–Crippen LogP) is 1.02. The van der Waals surface area contributed by atoms with E-state index in [0.717, 1.165) is 39.0 Å². The van der Waals surface area contributed by atoms with Crippen LogP contribution in [0.3, 0.4) is 0 Å². The molecule has 2 aliphatic heterocycles. The third-order valence-corrected chi connectivity index (χ3v) is 6.66. The maximum atomic E-state index is 14.0. The molecule has 1 saturated carbocycles. The minimum absolute atomic E-state index is 0.113. The van der Waals surface area contributed by atoms with Gasteiger partial charge in [-0.25, -0.2) is 4.39 Å². The second-order valence-corrected chi connectivity index (χ2v) is 9.16. The number of hydrogen-bond donors (Lipinski definition) is 1. The molecule has 1 aliphatic carbocycles. The number of hydrogen-bond acceptors (Lipinski definition) is 5. The highest BCUT2D eigenvalue weighted by molar-refractivity contribution is 6.31. The average Bonchev–Trinajstić information content (AvgIpc) is 3.56. The summed E-state index contributed by atoms with van der Waals surface area (Å²) < 4.78 is 14.0. The third kappa shape index (κ3) is 6.38. The first-order valence-electron chi connectivity index (χ1n) is 11.1. The number of carbonyl (C=O) groups is 2. The molecule has 9 heteroatoms. The quantitative estimate of drug-likeness (QED) is 0.670. The van der Waals surface area contributed by atoms with Crippen molar-refractivity contribution < 1.29 is 14.0 Å². The molecule has 3 fully saturated rings. The molecule has 3 aliphatic rings. The van der Waals surface area contributed by atoms with Crippen molar-refractivity contribution in [1.82, 2.24) is 24.9 Å². The Labute approximate surface area is 188 Å². The van der Waals surface area contributed by atoms with Gasteiger partial charge in [-0.3, -0.25) is 24.3 Å². The molecule has 0 bridgehead atoms. The van der Waals surface area contributed by atoms with Crippen LogP contribution in [0, 0.1) is 5.82 Å². The Morgan fingerprint density at radius 3 is 2.16 bits per heavy atom. The highest BCUT2D eigenvalue weighted by atomic mass is 35.5. The third-order valence-electron chi connectivity index (χ3n) is 6.30. The minimum Gasteiger partial charge on any atom is -0.352 e. The topological polar surface area (TPSA) is 59.1 Å². The van der Waals surface area contributed by atoms with Crippen molar-refractivity contribution in [2.24, 2.45) is 0 Å². The smallest absolute Gasteiger partial charge is 0.236 e. The highest BCUT2D eigenvalue weighted by Gasteiger charge is 2.27. The van der Waals surface area contributed by atoms with E-state index in [9.17, 15) is 14.0 Å². The molecule has 1 aromatic carbocycles. The van der Waals surface area contributed by atoms with Crippen LogP contribution in [0.1, 0.15) is 18.4 Å². The standard InChI is InChI=1S/C22H31ClFN5O2/c23-19-2-1-3-20(24)18(19)14-26-10-12-29(13-11-26)22(31)16-28-8-6-27(7-9-28)15-21(30)25-17-4-5-17/h1-3,17H,4-16H2,(H,25,30).